The summed E-state index contributed by atoms with van der Waals surface area (Å²) in [5.74, 6) is -3.06. The average Bonchev–Trinajstić information content (AvgIpc) is 3.17. The number of carboxylic acids is 1. The van der Waals surface area contributed by atoms with Crippen LogP contribution in [-0.4, -0.2) is 74.8 Å². The van der Waals surface area contributed by atoms with E-state index < -0.39 is 45.8 Å². The summed E-state index contributed by atoms with van der Waals surface area (Å²) in [6, 6.07) is -1.02. The molecule has 2 aliphatic rings. The van der Waals surface area contributed by atoms with Crippen molar-refractivity contribution in [2.24, 2.45) is 10.6 Å². The topological polar surface area (TPSA) is 174 Å². The van der Waals surface area contributed by atoms with Crippen LogP contribution in [0.5, 0.6) is 0 Å². The molecule has 1 fully saturated rings. The number of carbonyl (C=O) groups is 4. The van der Waals surface area contributed by atoms with Crippen molar-refractivity contribution < 1.29 is 33.9 Å². The number of nitrogen functional groups attached to an aromatic ring is 1. The SMILES string of the molecule is CO/N=C(\C(=O)NC1C(=O)N2C(C(=O)O)=CC(COC(=O)C(C)(C)C)S[C@H]12)c1csc(N)n1. The van der Waals surface area contributed by atoms with E-state index in [0.717, 1.165) is 16.2 Å². The van der Waals surface area contributed by atoms with Gasteiger partial charge in [-0.25, -0.2) is 9.78 Å². The van der Waals surface area contributed by atoms with E-state index in [0.29, 0.717) is 0 Å². The van der Waals surface area contributed by atoms with Crippen LogP contribution in [0, 0.1) is 5.41 Å². The van der Waals surface area contributed by atoms with Crippen molar-refractivity contribution in [2.75, 3.05) is 19.5 Å². The van der Waals surface area contributed by atoms with E-state index in [-0.39, 0.29) is 28.8 Å². The number of carboxylic acid groups (broad SMARTS) is 1. The second-order valence-electron chi connectivity index (χ2n) is 8.12. The van der Waals surface area contributed by atoms with Gasteiger partial charge in [-0.2, -0.15) is 0 Å². The maximum absolute atomic E-state index is 12.8. The second-order valence-corrected chi connectivity index (χ2v) is 10.4. The number of anilines is 1. The number of oxime groups is 1. The van der Waals surface area contributed by atoms with Crippen molar-refractivity contribution in [3.05, 3.63) is 22.8 Å². The smallest absolute Gasteiger partial charge is 0.352 e. The van der Waals surface area contributed by atoms with Gasteiger partial charge in [0.2, 0.25) is 0 Å². The predicted molar refractivity (Wildman–Crippen MR) is 120 cm³/mol. The van der Waals surface area contributed by atoms with Crippen LogP contribution >= 0.6 is 23.1 Å². The van der Waals surface area contributed by atoms with E-state index >= 15 is 0 Å². The number of hydrogen-bond donors (Lipinski definition) is 3. The average molecular weight is 498 g/mol. The lowest BCUT2D eigenvalue weighted by Crippen LogP contribution is -2.71. The normalized spacial score (nSPS) is 22.6. The number of esters is 1. The largest absolute Gasteiger partial charge is 0.477 e. The lowest BCUT2D eigenvalue weighted by Gasteiger charge is -2.49. The summed E-state index contributed by atoms with van der Waals surface area (Å²) in [6.07, 6.45) is 1.37. The third kappa shape index (κ3) is 5.11. The monoisotopic (exact) mass is 497 g/mol. The highest BCUT2D eigenvalue weighted by Crippen LogP contribution is 2.41. The Kier molecular flexibility index (Phi) is 6.97. The van der Waals surface area contributed by atoms with Gasteiger partial charge in [-0.1, -0.05) is 5.16 Å². The molecule has 1 aromatic rings. The Morgan fingerprint density at radius 1 is 1.36 bits per heavy atom. The van der Waals surface area contributed by atoms with Crippen LogP contribution in [-0.2, 0) is 28.8 Å². The Labute approximate surface area is 197 Å². The summed E-state index contributed by atoms with van der Waals surface area (Å²) in [4.78, 5) is 59.1. The zero-order chi connectivity index (χ0) is 24.5. The van der Waals surface area contributed by atoms with Gasteiger partial charge in [0.05, 0.1) is 10.7 Å². The number of amides is 2. The third-order valence-electron chi connectivity index (χ3n) is 4.62. The van der Waals surface area contributed by atoms with Gasteiger partial charge < -0.3 is 25.7 Å². The second kappa shape index (κ2) is 9.39. The number of thiazole rings is 1. The Bertz CT molecular complexity index is 1050. The van der Waals surface area contributed by atoms with E-state index in [9.17, 15) is 24.3 Å². The highest BCUT2D eigenvalue weighted by atomic mass is 32.2. The summed E-state index contributed by atoms with van der Waals surface area (Å²) in [5.41, 5.74) is 4.66. The number of nitrogens with two attached hydrogens (primary N) is 1. The molecular formula is C19H23N5O7S2. The van der Waals surface area contributed by atoms with Crippen LogP contribution in [0.4, 0.5) is 5.13 Å². The van der Waals surface area contributed by atoms with E-state index in [1.807, 2.05) is 0 Å². The number of β-lactam (4-membered cyclic amide) rings is 1. The number of ether oxygens (including phenoxy) is 1. The molecule has 0 bridgehead atoms. The molecule has 178 valence electrons. The zero-order valence-corrected chi connectivity index (χ0v) is 19.9. The predicted octanol–water partition coefficient (Wildman–Crippen LogP) is 0.402. The van der Waals surface area contributed by atoms with Crippen molar-refractivity contribution in [1.29, 1.82) is 0 Å². The van der Waals surface area contributed by atoms with Crippen LogP contribution in [0.1, 0.15) is 26.5 Å². The fourth-order valence-corrected chi connectivity index (χ4v) is 4.95. The number of fused-ring (bicyclic) bond motifs is 1. The molecule has 0 saturated carbocycles. The van der Waals surface area contributed by atoms with Gasteiger partial charge in [0.15, 0.2) is 10.8 Å². The maximum Gasteiger partial charge on any atom is 0.352 e. The van der Waals surface area contributed by atoms with Crippen LogP contribution in [0.15, 0.2) is 22.3 Å². The first-order valence-electron chi connectivity index (χ1n) is 9.68. The minimum Gasteiger partial charge on any atom is -0.477 e. The summed E-state index contributed by atoms with van der Waals surface area (Å²) < 4.78 is 5.31. The number of thioether (sulfide) groups is 1. The number of rotatable bonds is 7. The number of aliphatic carboxylic acids is 1. The highest BCUT2D eigenvalue weighted by molar-refractivity contribution is 8.00. The van der Waals surface area contributed by atoms with Crippen molar-refractivity contribution in [3.63, 3.8) is 0 Å². The molecule has 3 heterocycles. The van der Waals surface area contributed by atoms with Gasteiger partial charge in [0.1, 0.15) is 36.5 Å². The molecule has 3 rings (SSSR count). The molecule has 2 unspecified atom stereocenters. The Morgan fingerprint density at radius 2 is 2.06 bits per heavy atom. The Morgan fingerprint density at radius 3 is 2.61 bits per heavy atom. The fourth-order valence-electron chi connectivity index (χ4n) is 3.01. The van der Waals surface area contributed by atoms with Crippen molar-refractivity contribution in [3.8, 4) is 0 Å². The Hall–Kier alpha value is -3.13. The van der Waals surface area contributed by atoms with E-state index in [2.05, 4.69) is 15.5 Å². The zero-order valence-electron chi connectivity index (χ0n) is 18.2. The standard InChI is InChI=1S/C19H23N5O7S2/c1-19(2,3)17(29)31-6-8-5-10(16(27)28)24-14(26)12(15(24)33-8)22-13(25)11(23-30-4)9-7-32-18(20)21-9/h5,7-8,12,15H,6H2,1-4H3,(H2,20,21)(H,22,25)(H,27,28)/b23-11-/t8?,12?,15-/m1/s1. The molecule has 1 saturated heterocycles. The van der Waals surface area contributed by atoms with Gasteiger partial charge in [-0.3, -0.25) is 19.3 Å². The first-order chi connectivity index (χ1) is 15.4. The summed E-state index contributed by atoms with van der Waals surface area (Å²) in [6.45, 7) is 5.03. The van der Waals surface area contributed by atoms with Crippen molar-refractivity contribution >= 4 is 57.7 Å². The van der Waals surface area contributed by atoms with Gasteiger partial charge in [-0.15, -0.1) is 23.1 Å². The first-order valence-corrected chi connectivity index (χ1v) is 11.5. The highest BCUT2D eigenvalue weighted by Gasteiger charge is 2.54. The molecular weight excluding hydrogens is 474 g/mol. The molecule has 0 aliphatic carbocycles. The van der Waals surface area contributed by atoms with Crippen LogP contribution in [0.25, 0.3) is 0 Å². The summed E-state index contributed by atoms with van der Waals surface area (Å²) in [5, 5.41) is 16.3. The Balaban J connectivity index is 1.76. The third-order valence-corrected chi connectivity index (χ3v) is 6.68. The van der Waals surface area contributed by atoms with Crippen molar-refractivity contribution in [1.82, 2.24) is 15.2 Å². The summed E-state index contributed by atoms with van der Waals surface area (Å²) in [7, 11) is 1.25. The molecule has 0 spiro atoms. The molecule has 3 atom stereocenters. The van der Waals surface area contributed by atoms with Crippen LogP contribution < -0.4 is 11.1 Å². The minimum absolute atomic E-state index is 0.0781. The van der Waals surface area contributed by atoms with Crippen molar-refractivity contribution in [2.45, 2.75) is 37.4 Å². The molecule has 0 aromatic carbocycles. The molecule has 14 heteroatoms. The van der Waals surface area contributed by atoms with Crippen LogP contribution in [0.2, 0.25) is 0 Å². The van der Waals surface area contributed by atoms with Crippen LogP contribution in [0.3, 0.4) is 0 Å². The van der Waals surface area contributed by atoms with E-state index in [1.165, 1.54) is 30.3 Å². The fraction of sp³-hybridized carbons (Fsp3) is 0.474. The van der Waals surface area contributed by atoms with Gasteiger partial charge in [-0.05, 0) is 26.8 Å². The molecule has 33 heavy (non-hydrogen) atoms. The van der Waals surface area contributed by atoms with Gasteiger partial charge in [0.25, 0.3) is 11.8 Å². The quantitative estimate of drug-likeness (QED) is 0.207. The van der Waals surface area contributed by atoms with E-state index in [4.69, 9.17) is 15.3 Å². The number of nitrogens with one attached hydrogen (secondary N) is 1. The minimum atomic E-state index is -1.30. The molecule has 12 nitrogen and oxygen atoms in total. The molecule has 4 N–H and O–H groups in total. The summed E-state index contributed by atoms with van der Waals surface area (Å²) >= 11 is 2.31. The molecule has 1 aromatic heterocycles. The lowest BCUT2D eigenvalue weighted by atomic mass is 9.97. The molecule has 2 aliphatic heterocycles. The van der Waals surface area contributed by atoms with E-state index in [1.54, 1.807) is 20.8 Å². The number of nitrogens with zero attached hydrogens (tertiary/aromatic N) is 3. The first kappa shape index (κ1) is 24.5. The molecule has 0 radical (unpaired) electrons. The van der Waals surface area contributed by atoms with Gasteiger partial charge >= 0.3 is 11.9 Å². The van der Waals surface area contributed by atoms with Gasteiger partial charge in [0, 0.05) is 5.38 Å². The number of hydrogen-bond acceptors (Lipinski definition) is 11. The molecule has 2 amide bonds. The lowest BCUT2D eigenvalue weighted by molar-refractivity contribution is -0.153. The maximum atomic E-state index is 12.8. The number of carbonyl (C=O) groups excluding carboxylic acids is 3. The number of aromatic nitrogens is 1.